The number of rotatable bonds is 8. The van der Waals surface area contributed by atoms with Gasteiger partial charge in [-0.1, -0.05) is 114 Å². The van der Waals surface area contributed by atoms with Gasteiger partial charge < -0.3 is 5.11 Å². The second-order valence-electron chi connectivity index (χ2n) is 16.4. The lowest BCUT2D eigenvalue weighted by Crippen LogP contribution is -2.58. The SMILES string of the molecule is Cc1cc(C)c(-c2ccc(C(C)(C)c3ccc(O)cc3)cc2)c(C)c1B(c1c(C)cc(C)c(-c2cccnc2)c1C)c1c(C)cc(C)c(-c2cccnc2)c1C. The molecule has 3 nitrogen and oxygen atoms in total. The number of hydrogen-bond donors (Lipinski definition) is 1. The Hall–Kier alpha value is -5.74. The zero-order chi connectivity index (χ0) is 40.1. The maximum Gasteiger partial charge on any atom is 0.243 e. The summed E-state index contributed by atoms with van der Waals surface area (Å²) in [6, 6.07) is 32.4. The van der Waals surface area contributed by atoms with Crippen LogP contribution in [0.25, 0.3) is 33.4 Å². The van der Waals surface area contributed by atoms with Crippen LogP contribution in [0.4, 0.5) is 0 Å². The van der Waals surface area contributed by atoms with E-state index in [1.807, 2.05) is 49.1 Å². The third-order valence-electron chi connectivity index (χ3n) is 12.3. The minimum atomic E-state index is -0.223. The predicted molar refractivity (Wildman–Crippen MR) is 239 cm³/mol. The van der Waals surface area contributed by atoms with Crippen LogP contribution in [0.2, 0.25) is 0 Å². The van der Waals surface area contributed by atoms with Crippen molar-refractivity contribution in [2.24, 2.45) is 0 Å². The molecule has 0 radical (unpaired) electrons. The van der Waals surface area contributed by atoms with Gasteiger partial charge in [-0.2, -0.15) is 0 Å². The highest BCUT2D eigenvalue weighted by atomic mass is 16.3. The highest BCUT2D eigenvalue weighted by Crippen LogP contribution is 2.36. The van der Waals surface area contributed by atoms with Crippen LogP contribution >= 0.6 is 0 Å². The summed E-state index contributed by atoms with van der Waals surface area (Å²) >= 11 is 0. The molecule has 56 heavy (non-hydrogen) atoms. The monoisotopic (exact) mass is 732 g/mol. The third kappa shape index (κ3) is 6.76. The molecule has 0 saturated carbocycles. The predicted octanol–water partition coefficient (Wildman–Crippen LogP) is 10.8. The van der Waals surface area contributed by atoms with Crippen LogP contribution in [-0.2, 0) is 5.41 Å². The molecule has 0 aliphatic heterocycles. The Morgan fingerprint density at radius 1 is 0.446 bits per heavy atom. The maximum atomic E-state index is 9.95. The Morgan fingerprint density at radius 3 is 1.16 bits per heavy atom. The van der Waals surface area contributed by atoms with Crippen molar-refractivity contribution in [2.45, 2.75) is 81.6 Å². The molecule has 0 fully saturated rings. The third-order valence-corrected chi connectivity index (χ3v) is 12.3. The molecular weight excluding hydrogens is 679 g/mol. The van der Waals surface area contributed by atoms with Crippen LogP contribution < -0.4 is 16.4 Å². The Kier molecular flexibility index (Phi) is 10.4. The van der Waals surface area contributed by atoms with Crippen molar-refractivity contribution in [1.29, 1.82) is 0 Å². The maximum absolute atomic E-state index is 9.95. The zero-order valence-corrected chi connectivity index (χ0v) is 34.9. The molecule has 0 aliphatic carbocycles. The van der Waals surface area contributed by atoms with Crippen LogP contribution in [0.15, 0.2) is 116 Å². The Bertz CT molecular complexity index is 2470. The van der Waals surface area contributed by atoms with Gasteiger partial charge in [0.2, 0.25) is 6.71 Å². The number of aromatic hydroxyl groups is 1. The van der Waals surface area contributed by atoms with E-state index in [0.717, 1.165) is 11.1 Å². The highest BCUT2D eigenvalue weighted by molar-refractivity contribution is 6.97. The molecule has 7 rings (SSSR count). The summed E-state index contributed by atoms with van der Waals surface area (Å²) in [5.41, 5.74) is 25.1. The number of aryl methyl sites for hydroxylation is 6. The number of phenols is 1. The lowest BCUT2D eigenvalue weighted by Gasteiger charge is -2.31. The van der Waals surface area contributed by atoms with Gasteiger partial charge in [0, 0.05) is 41.3 Å². The van der Waals surface area contributed by atoms with Crippen molar-refractivity contribution < 1.29 is 5.11 Å². The molecule has 0 bridgehead atoms. The topological polar surface area (TPSA) is 46.0 Å². The minimum Gasteiger partial charge on any atom is -0.508 e. The molecule has 4 heteroatoms. The lowest BCUT2D eigenvalue weighted by molar-refractivity contribution is 0.474. The molecule has 0 saturated heterocycles. The van der Waals surface area contributed by atoms with E-state index < -0.39 is 0 Å². The molecule has 2 heterocycles. The van der Waals surface area contributed by atoms with E-state index in [4.69, 9.17) is 0 Å². The zero-order valence-electron chi connectivity index (χ0n) is 34.9. The standard InChI is InChI=1S/C52H53BN2O/c1-31-26-34(4)49(37(7)46(31)40-16-18-43(19-17-40)52(10,11)44-20-22-45(56)23-21-44)53(50-35(5)27-32(2)47(38(50)8)41-14-12-24-54-29-41)51-36(6)28-33(3)48(39(51)9)42-15-13-25-55-30-42/h12-30,56H,1-11H3. The van der Waals surface area contributed by atoms with Crippen molar-refractivity contribution in [3.05, 3.63) is 177 Å². The fraction of sp³-hybridized carbons (Fsp3) is 0.231. The molecule has 5 aromatic carbocycles. The van der Waals surface area contributed by atoms with Gasteiger partial charge in [-0.15, -0.1) is 0 Å². The first-order chi connectivity index (χ1) is 26.7. The van der Waals surface area contributed by atoms with Crippen LogP contribution in [-0.4, -0.2) is 21.8 Å². The first kappa shape index (κ1) is 38.5. The van der Waals surface area contributed by atoms with E-state index in [2.05, 4.69) is 141 Å². The number of nitrogens with zero attached hydrogens (tertiary/aromatic N) is 2. The van der Waals surface area contributed by atoms with E-state index in [-0.39, 0.29) is 17.9 Å². The van der Waals surface area contributed by atoms with Crippen molar-refractivity contribution >= 4 is 23.1 Å². The molecule has 280 valence electrons. The van der Waals surface area contributed by atoms with E-state index in [0.29, 0.717) is 0 Å². The number of aromatic nitrogens is 2. The summed E-state index contributed by atoms with van der Waals surface area (Å²) in [5.74, 6) is 0.285. The van der Waals surface area contributed by atoms with E-state index in [1.165, 1.54) is 99.8 Å². The minimum absolute atomic E-state index is 0.0332. The van der Waals surface area contributed by atoms with Crippen molar-refractivity contribution in [2.75, 3.05) is 0 Å². The normalized spacial score (nSPS) is 11.6. The van der Waals surface area contributed by atoms with Crippen LogP contribution in [0.5, 0.6) is 5.75 Å². The van der Waals surface area contributed by atoms with E-state index >= 15 is 0 Å². The fourth-order valence-corrected chi connectivity index (χ4v) is 9.82. The Morgan fingerprint density at radius 2 is 0.804 bits per heavy atom. The molecule has 2 aromatic heterocycles. The van der Waals surface area contributed by atoms with Gasteiger partial charge in [-0.25, -0.2) is 0 Å². The van der Waals surface area contributed by atoms with Gasteiger partial charge in [-0.3, -0.25) is 9.97 Å². The molecule has 0 aliphatic rings. The van der Waals surface area contributed by atoms with Crippen molar-refractivity contribution in [3.63, 3.8) is 0 Å². The molecule has 1 N–H and O–H groups in total. The second kappa shape index (κ2) is 15.1. The summed E-state index contributed by atoms with van der Waals surface area (Å²) < 4.78 is 0. The van der Waals surface area contributed by atoms with Gasteiger partial charge >= 0.3 is 0 Å². The summed E-state index contributed by atoms with van der Waals surface area (Å²) in [7, 11) is 0. The molecule has 0 atom stereocenters. The highest BCUT2D eigenvalue weighted by Gasteiger charge is 2.34. The Balaban J connectivity index is 1.51. The van der Waals surface area contributed by atoms with Crippen LogP contribution in [0.3, 0.4) is 0 Å². The average molecular weight is 733 g/mol. The molecule has 0 spiro atoms. The quantitative estimate of drug-likeness (QED) is 0.158. The van der Waals surface area contributed by atoms with Gasteiger partial charge in [0.25, 0.3) is 0 Å². The van der Waals surface area contributed by atoms with Gasteiger partial charge in [0.05, 0.1) is 0 Å². The molecule has 7 aromatic rings. The first-order valence-electron chi connectivity index (χ1n) is 19.7. The number of phenolic OH excluding ortho intramolecular Hbond substituents is 1. The Labute approximate surface area is 334 Å². The van der Waals surface area contributed by atoms with Gasteiger partial charge in [-0.05, 0) is 153 Å². The van der Waals surface area contributed by atoms with Crippen molar-refractivity contribution in [3.8, 4) is 39.1 Å². The van der Waals surface area contributed by atoms with Crippen molar-refractivity contribution in [1.82, 2.24) is 9.97 Å². The number of pyridine rings is 2. The van der Waals surface area contributed by atoms with E-state index in [9.17, 15) is 5.11 Å². The summed E-state index contributed by atoms with van der Waals surface area (Å²) in [5, 5.41) is 9.95. The summed E-state index contributed by atoms with van der Waals surface area (Å²) in [6.07, 6.45) is 7.71. The summed E-state index contributed by atoms with van der Waals surface area (Å²) in [6.45, 7) is 25.1. The van der Waals surface area contributed by atoms with Crippen LogP contribution in [0, 0.1) is 62.3 Å². The molecule has 0 amide bonds. The fourth-order valence-electron chi connectivity index (χ4n) is 9.82. The van der Waals surface area contributed by atoms with Gasteiger partial charge in [0.1, 0.15) is 5.75 Å². The molecule has 0 unspecified atom stereocenters. The lowest BCUT2D eigenvalue weighted by atomic mass is 9.32. The first-order valence-corrected chi connectivity index (χ1v) is 19.7. The number of hydrogen-bond acceptors (Lipinski definition) is 3. The number of benzene rings is 5. The van der Waals surface area contributed by atoms with E-state index in [1.54, 1.807) is 12.1 Å². The molecular formula is C52H53BN2O. The largest absolute Gasteiger partial charge is 0.508 e. The average Bonchev–Trinajstić information content (AvgIpc) is 3.15. The second-order valence-corrected chi connectivity index (χ2v) is 16.4. The van der Waals surface area contributed by atoms with Crippen LogP contribution in [0.1, 0.15) is 75.0 Å². The smallest absolute Gasteiger partial charge is 0.243 e. The van der Waals surface area contributed by atoms with Gasteiger partial charge in [0.15, 0.2) is 0 Å². The summed E-state index contributed by atoms with van der Waals surface area (Å²) in [4.78, 5) is 9.10.